The number of hydrogen-bond acceptors (Lipinski definition) is 6. The lowest BCUT2D eigenvalue weighted by Crippen LogP contribution is -2.40. The molecule has 9 heteroatoms. The largest absolute Gasteiger partial charge is 0.350 e. The Bertz CT molecular complexity index is 1140. The van der Waals surface area contributed by atoms with Crippen molar-refractivity contribution < 1.29 is 14.1 Å². The second kappa shape index (κ2) is 7.81. The fraction of sp³-hybridized carbons (Fsp3) is 0.455. The van der Waals surface area contributed by atoms with E-state index in [1.165, 1.54) is 4.90 Å². The van der Waals surface area contributed by atoms with Crippen LogP contribution in [0.3, 0.4) is 0 Å². The molecule has 9 nitrogen and oxygen atoms in total. The summed E-state index contributed by atoms with van der Waals surface area (Å²) in [5, 5.41) is 7.73. The third-order valence-corrected chi connectivity index (χ3v) is 5.59. The van der Waals surface area contributed by atoms with Gasteiger partial charge >= 0.3 is 6.03 Å². The maximum absolute atomic E-state index is 12.4. The number of amides is 3. The van der Waals surface area contributed by atoms with Crippen molar-refractivity contribution in [2.24, 2.45) is 0 Å². The number of nitrogens with one attached hydrogen (secondary N) is 2. The van der Waals surface area contributed by atoms with Gasteiger partial charge in [0.1, 0.15) is 11.2 Å². The Labute approximate surface area is 180 Å². The Hall–Kier alpha value is -3.20. The number of fused-ring (bicyclic) bond motifs is 1. The second-order valence-corrected chi connectivity index (χ2v) is 8.82. The first kappa shape index (κ1) is 21.0. The van der Waals surface area contributed by atoms with Crippen LogP contribution in [0.2, 0.25) is 0 Å². The molecule has 3 aromatic rings. The minimum absolute atomic E-state index is 0.194. The average molecular weight is 425 g/mol. The summed E-state index contributed by atoms with van der Waals surface area (Å²) in [5.41, 5.74) is 3.14. The van der Waals surface area contributed by atoms with E-state index >= 15 is 0 Å². The van der Waals surface area contributed by atoms with Gasteiger partial charge in [-0.15, -0.1) is 0 Å². The lowest BCUT2D eigenvalue weighted by atomic mass is 10.0. The van der Waals surface area contributed by atoms with Crippen LogP contribution in [0.15, 0.2) is 22.7 Å². The molecule has 0 saturated carbocycles. The highest BCUT2D eigenvalue weighted by atomic mass is 16.5. The highest BCUT2D eigenvalue weighted by Gasteiger charge is 2.43. The smallest absolute Gasteiger partial charge is 0.325 e. The number of benzene rings is 1. The fourth-order valence-corrected chi connectivity index (χ4v) is 3.89. The summed E-state index contributed by atoms with van der Waals surface area (Å²) >= 11 is 0. The minimum Gasteiger partial charge on any atom is -0.350 e. The van der Waals surface area contributed by atoms with E-state index in [2.05, 4.69) is 31.4 Å². The molecule has 0 spiro atoms. The standard InChI is InChI=1S/C22H28N6O3/c1-13-23-19(31-26-13)18-15(9-10-27(4)5)16-12-14(6-7-17(16)24-18)8-11-28-20(29)22(2,3)25-21(28)30/h6-7,12,24H,8-11H2,1-5H3,(H,25,30). The lowest BCUT2D eigenvalue weighted by Gasteiger charge is -2.16. The number of carbonyl (C=O) groups excluding carboxylic acids is 2. The highest BCUT2D eigenvalue weighted by molar-refractivity contribution is 6.06. The third kappa shape index (κ3) is 4.05. The molecule has 1 aliphatic rings. The summed E-state index contributed by atoms with van der Waals surface area (Å²) in [7, 11) is 4.08. The van der Waals surface area contributed by atoms with Crippen LogP contribution in [-0.2, 0) is 17.6 Å². The fourth-order valence-electron chi connectivity index (χ4n) is 3.89. The van der Waals surface area contributed by atoms with Crippen LogP contribution >= 0.6 is 0 Å². The Morgan fingerprint density at radius 3 is 2.58 bits per heavy atom. The van der Waals surface area contributed by atoms with Crippen molar-refractivity contribution in [2.45, 2.75) is 39.2 Å². The number of rotatable bonds is 7. The Morgan fingerprint density at radius 1 is 1.19 bits per heavy atom. The monoisotopic (exact) mass is 424 g/mol. The van der Waals surface area contributed by atoms with Gasteiger partial charge in [0, 0.05) is 24.0 Å². The molecule has 3 amide bonds. The number of hydrogen-bond donors (Lipinski definition) is 2. The quantitative estimate of drug-likeness (QED) is 0.565. The van der Waals surface area contributed by atoms with Crippen LogP contribution in [0.25, 0.3) is 22.5 Å². The van der Waals surface area contributed by atoms with Crippen molar-refractivity contribution >= 4 is 22.8 Å². The van der Waals surface area contributed by atoms with Gasteiger partial charge in [-0.2, -0.15) is 4.98 Å². The maximum atomic E-state index is 12.4. The molecule has 2 aromatic heterocycles. The third-order valence-electron chi connectivity index (χ3n) is 5.59. The zero-order valence-corrected chi connectivity index (χ0v) is 18.6. The average Bonchev–Trinajstić information content (AvgIpc) is 3.33. The molecule has 4 rings (SSSR count). The topological polar surface area (TPSA) is 107 Å². The molecule has 3 heterocycles. The summed E-state index contributed by atoms with van der Waals surface area (Å²) < 4.78 is 5.42. The molecule has 1 saturated heterocycles. The number of aromatic amines is 1. The Kier molecular flexibility index (Phi) is 5.30. The van der Waals surface area contributed by atoms with Gasteiger partial charge < -0.3 is 19.7 Å². The van der Waals surface area contributed by atoms with Gasteiger partial charge in [0.05, 0.1) is 0 Å². The number of urea groups is 1. The van der Waals surface area contributed by atoms with Gasteiger partial charge in [-0.25, -0.2) is 4.79 Å². The van der Waals surface area contributed by atoms with Gasteiger partial charge in [-0.1, -0.05) is 11.2 Å². The van der Waals surface area contributed by atoms with Crippen LogP contribution in [0, 0.1) is 6.92 Å². The molecule has 0 atom stereocenters. The minimum atomic E-state index is -0.849. The second-order valence-electron chi connectivity index (χ2n) is 8.82. The lowest BCUT2D eigenvalue weighted by molar-refractivity contribution is -0.130. The summed E-state index contributed by atoms with van der Waals surface area (Å²) in [4.78, 5) is 35.8. The first-order valence-corrected chi connectivity index (χ1v) is 10.4. The van der Waals surface area contributed by atoms with Gasteiger partial charge in [0.2, 0.25) is 0 Å². The number of imide groups is 1. The van der Waals surface area contributed by atoms with Gasteiger partial charge in [-0.3, -0.25) is 9.69 Å². The summed E-state index contributed by atoms with van der Waals surface area (Å²) in [6.07, 6.45) is 1.40. The maximum Gasteiger partial charge on any atom is 0.325 e. The summed E-state index contributed by atoms with van der Waals surface area (Å²) in [5.74, 6) is 0.871. The number of H-pyrrole nitrogens is 1. The molecular weight excluding hydrogens is 396 g/mol. The number of carbonyl (C=O) groups is 2. The zero-order valence-electron chi connectivity index (χ0n) is 18.6. The molecule has 164 valence electrons. The van der Waals surface area contributed by atoms with Crippen LogP contribution in [0.1, 0.15) is 30.8 Å². The highest BCUT2D eigenvalue weighted by Crippen LogP contribution is 2.31. The Balaban J connectivity index is 1.64. The molecular formula is C22H28N6O3. The van der Waals surface area contributed by atoms with Gasteiger partial charge in [-0.05, 0) is 71.0 Å². The molecule has 0 radical (unpaired) electrons. The molecule has 2 N–H and O–H groups in total. The Morgan fingerprint density at radius 2 is 1.97 bits per heavy atom. The van der Waals surface area contributed by atoms with E-state index < -0.39 is 5.54 Å². The van der Waals surface area contributed by atoms with Crippen LogP contribution in [-0.4, -0.2) is 69.6 Å². The van der Waals surface area contributed by atoms with Crippen molar-refractivity contribution in [2.75, 3.05) is 27.2 Å². The van der Waals surface area contributed by atoms with Crippen LogP contribution in [0.5, 0.6) is 0 Å². The summed E-state index contributed by atoms with van der Waals surface area (Å²) in [6.45, 7) is 6.44. The molecule has 1 aromatic carbocycles. The van der Waals surface area contributed by atoms with E-state index in [0.29, 0.717) is 24.7 Å². The zero-order chi connectivity index (χ0) is 22.3. The van der Waals surface area contributed by atoms with Crippen molar-refractivity contribution in [3.05, 3.63) is 35.2 Å². The van der Waals surface area contributed by atoms with E-state index in [9.17, 15) is 9.59 Å². The molecule has 0 bridgehead atoms. The number of aryl methyl sites for hydroxylation is 1. The number of aromatic nitrogens is 3. The number of nitrogens with zero attached hydrogens (tertiary/aromatic N) is 4. The van der Waals surface area contributed by atoms with Crippen LogP contribution in [0.4, 0.5) is 4.79 Å². The van der Waals surface area contributed by atoms with Crippen molar-refractivity contribution in [3.63, 3.8) is 0 Å². The van der Waals surface area contributed by atoms with E-state index in [0.717, 1.165) is 40.7 Å². The first-order chi connectivity index (χ1) is 14.7. The molecule has 1 fully saturated rings. The first-order valence-electron chi connectivity index (χ1n) is 10.4. The van der Waals surface area contributed by atoms with Gasteiger partial charge in [0.25, 0.3) is 11.8 Å². The van der Waals surface area contributed by atoms with Crippen molar-refractivity contribution in [1.29, 1.82) is 0 Å². The predicted molar refractivity (Wildman–Crippen MR) is 117 cm³/mol. The van der Waals surface area contributed by atoms with E-state index in [1.54, 1.807) is 20.8 Å². The van der Waals surface area contributed by atoms with E-state index in [-0.39, 0.29) is 11.9 Å². The number of likely N-dealkylation sites (N-methyl/N-ethyl adjacent to an activating group) is 1. The van der Waals surface area contributed by atoms with Crippen molar-refractivity contribution in [1.82, 2.24) is 30.2 Å². The van der Waals surface area contributed by atoms with E-state index in [1.807, 2.05) is 26.2 Å². The SMILES string of the molecule is Cc1noc(-c2[nH]c3ccc(CCN4C(=O)NC(C)(C)C4=O)cc3c2CCN(C)C)n1. The van der Waals surface area contributed by atoms with Crippen LogP contribution < -0.4 is 5.32 Å². The molecule has 0 unspecified atom stereocenters. The normalized spacial score (nSPS) is 16.0. The molecule has 1 aliphatic heterocycles. The van der Waals surface area contributed by atoms with E-state index in [4.69, 9.17) is 4.52 Å². The summed E-state index contributed by atoms with van der Waals surface area (Å²) in [6, 6.07) is 5.82. The molecule has 0 aliphatic carbocycles. The predicted octanol–water partition coefficient (Wildman–Crippen LogP) is 2.50. The van der Waals surface area contributed by atoms with Crippen molar-refractivity contribution in [3.8, 4) is 11.6 Å². The molecule has 31 heavy (non-hydrogen) atoms. The van der Waals surface area contributed by atoms with Gasteiger partial charge in [0.15, 0.2) is 5.82 Å².